The van der Waals surface area contributed by atoms with Crippen molar-refractivity contribution in [3.63, 3.8) is 0 Å². The van der Waals surface area contributed by atoms with Gasteiger partial charge in [-0.05, 0) is 51.5 Å². The van der Waals surface area contributed by atoms with Crippen molar-refractivity contribution < 1.29 is 28.0 Å². The molecule has 0 radical (unpaired) electrons. The zero-order chi connectivity index (χ0) is 31.0. The van der Waals surface area contributed by atoms with E-state index in [9.17, 15) is 4.79 Å². The van der Waals surface area contributed by atoms with Gasteiger partial charge in [0.15, 0.2) is 18.4 Å². The van der Waals surface area contributed by atoms with E-state index in [0.29, 0.717) is 64.8 Å². The lowest BCUT2D eigenvalue weighted by molar-refractivity contribution is -0.443. The van der Waals surface area contributed by atoms with Crippen LogP contribution < -0.4 is 14.8 Å². The highest BCUT2D eigenvalue weighted by Gasteiger charge is 2.29. The summed E-state index contributed by atoms with van der Waals surface area (Å²) in [6, 6.07) is 10.2. The molecule has 6 rings (SSSR count). The van der Waals surface area contributed by atoms with Gasteiger partial charge >= 0.3 is 6.09 Å². The van der Waals surface area contributed by atoms with Gasteiger partial charge in [0.25, 0.3) is 0 Å². The van der Waals surface area contributed by atoms with Crippen molar-refractivity contribution in [3.8, 4) is 17.2 Å². The molecule has 0 fully saturated rings. The molecular weight excluding hydrogens is 567 g/mol. The first-order chi connectivity index (χ1) is 21.1. The van der Waals surface area contributed by atoms with Crippen molar-refractivity contribution in [1.82, 2.24) is 29.5 Å². The molecule has 44 heavy (non-hydrogen) atoms. The zero-order valence-corrected chi connectivity index (χ0v) is 25.0. The van der Waals surface area contributed by atoms with Crippen molar-refractivity contribution in [1.29, 1.82) is 0 Å². The molecule has 0 spiro atoms. The van der Waals surface area contributed by atoms with E-state index in [1.54, 1.807) is 40.9 Å². The topological polar surface area (TPSA) is 119 Å². The number of halogens is 1. The minimum absolute atomic E-state index is 0.216. The van der Waals surface area contributed by atoms with E-state index in [1.165, 1.54) is 18.7 Å². The molecule has 0 saturated heterocycles. The lowest BCUT2D eigenvalue weighted by Gasteiger charge is -2.27. The third-order valence-electron chi connectivity index (χ3n) is 7.03. The summed E-state index contributed by atoms with van der Waals surface area (Å²) in [7, 11) is 1.57. The molecule has 0 aliphatic carbocycles. The Bertz CT molecular complexity index is 1920. The molecule has 4 heterocycles. The van der Waals surface area contributed by atoms with Gasteiger partial charge in [-0.1, -0.05) is 0 Å². The molecule has 0 saturated carbocycles. The molecule has 1 aliphatic rings. The average molecular weight is 600 g/mol. The molecule has 13 heteroatoms. The maximum atomic E-state index is 15.5. The number of fused-ring (bicyclic) bond motifs is 2. The van der Waals surface area contributed by atoms with Gasteiger partial charge in [0.2, 0.25) is 11.4 Å². The predicted molar refractivity (Wildman–Crippen MR) is 162 cm³/mol. The first kappa shape index (κ1) is 28.8. The first-order valence-corrected chi connectivity index (χ1v) is 14.0. The number of hydrogen-bond acceptors (Lipinski definition) is 9. The third kappa shape index (κ3) is 5.80. The molecule has 226 valence electrons. The second kappa shape index (κ2) is 11.4. The number of nitrogens with one attached hydrogen (secondary N) is 1. The number of pyridine rings is 1. The number of benzene rings is 2. The van der Waals surface area contributed by atoms with Crippen LogP contribution in [-0.2, 0) is 4.74 Å². The molecule has 1 amide bonds. The van der Waals surface area contributed by atoms with Gasteiger partial charge in [0.05, 0.1) is 30.2 Å². The Balaban J connectivity index is 1.28. The maximum Gasteiger partial charge on any atom is 0.411 e. The lowest BCUT2D eigenvalue weighted by atomic mass is 10.1. The number of hydrogen-bond donors (Lipinski definition) is 1. The summed E-state index contributed by atoms with van der Waals surface area (Å²) in [5.41, 5.74) is 2.36. The van der Waals surface area contributed by atoms with E-state index in [1.807, 2.05) is 50.6 Å². The molecule has 1 aliphatic heterocycles. The Kier molecular flexibility index (Phi) is 7.45. The second-order valence-corrected chi connectivity index (χ2v) is 11.3. The van der Waals surface area contributed by atoms with Gasteiger partial charge in [0.1, 0.15) is 47.9 Å². The number of aryl methyl sites for hydroxylation is 1. The lowest BCUT2D eigenvalue weighted by Crippen LogP contribution is -2.44. The summed E-state index contributed by atoms with van der Waals surface area (Å²) in [4.78, 5) is 27.2. The van der Waals surface area contributed by atoms with Crippen molar-refractivity contribution in [2.45, 2.75) is 33.3 Å². The molecule has 1 N–H and O–H groups in total. The van der Waals surface area contributed by atoms with E-state index in [0.717, 1.165) is 5.69 Å². The Morgan fingerprint density at radius 2 is 1.93 bits per heavy atom. The summed E-state index contributed by atoms with van der Waals surface area (Å²) in [6.45, 7) is 8.73. The summed E-state index contributed by atoms with van der Waals surface area (Å²) < 4.78 is 36.5. The molecular formula is C31H32FN8O4+. The molecule has 5 aromatic rings. The third-order valence-corrected chi connectivity index (χ3v) is 7.03. The van der Waals surface area contributed by atoms with Crippen molar-refractivity contribution in [2.24, 2.45) is 0 Å². The van der Waals surface area contributed by atoms with Crippen LogP contribution in [0.1, 0.15) is 26.3 Å². The van der Waals surface area contributed by atoms with E-state index in [-0.39, 0.29) is 11.8 Å². The Morgan fingerprint density at radius 1 is 1.09 bits per heavy atom. The van der Waals surface area contributed by atoms with Gasteiger partial charge in [-0.3, -0.25) is 4.90 Å². The SMILES string of the molecule is COc1c([N+]2=CCN(C(=O)OC(C)(C)C)CC2)ccc2ncnc(Nc3cc(C)c(Oc4ccn5ncnc5c4)cc3F)c12. The highest BCUT2D eigenvalue weighted by molar-refractivity contribution is 5.98. The molecule has 0 unspecified atom stereocenters. The number of anilines is 2. The van der Waals surface area contributed by atoms with Crippen LogP contribution in [0.15, 0.2) is 55.2 Å². The molecule has 0 bridgehead atoms. The van der Waals surface area contributed by atoms with E-state index in [2.05, 4.69) is 25.4 Å². The van der Waals surface area contributed by atoms with Gasteiger partial charge in [0, 0.05) is 24.4 Å². The van der Waals surface area contributed by atoms with Crippen LogP contribution in [0.2, 0.25) is 0 Å². The van der Waals surface area contributed by atoms with E-state index in [4.69, 9.17) is 14.2 Å². The molecule has 12 nitrogen and oxygen atoms in total. The van der Waals surface area contributed by atoms with Gasteiger partial charge < -0.3 is 19.5 Å². The van der Waals surface area contributed by atoms with E-state index >= 15 is 4.39 Å². The number of amides is 1. The van der Waals surface area contributed by atoms with Gasteiger partial charge in [-0.2, -0.15) is 9.67 Å². The monoisotopic (exact) mass is 599 g/mol. The first-order valence-electron chi connectivity index (χ1n) is 14.0. The molecule has 0 atom stereocenters. The largest absolute Gasteiger partial charge is 0.490 e. The summed E-state index contributed by atoms with van der Waals surface area (Å²) in [6.07, 6.45) is 6.14. The smallest absolute Gasteiger partial charge is 0.411 e. The van der Waals surface area contributed by atoms with Gasteiger partial charge in [-0.25, -0.2) is 28.7 Å². The number of methoxy groups -OCH3 is 1. The summed E-state index contributed by atoms with van der Waals surface area (Å²) in [5.74, 6) is 1.25. The fraction of sp³-hybridized carbons (Fsp3) is 0.290. The van der Waals surface area contributed by atoms with Crippen LogP contribution in [0.25, 0.3) is 16.6 Å². The fourth-order valence-electron chi connectivity index (χ4n) is 4.94. The van der Waals surface area contributed by atoms with Crippen molar-refractivity contribution >= 4 is 46.1 Å². The predicted octanol–water partition coefficient (Wildman–Crippen LogP) is 5.63. The summed E-state index contributed by atoms with van der Waals surface area (Å²) in [5, 5.41) is 7.80. The summed E-state index contributed by atoms with van der Waals surface area (Å²) >= 11 is 0. The second-order valence-electron chi connectivity index (χ2n) is 11.3. The zero-order valence-electron chi connectivity index (χ0n) is 25.0. The highest BCUT2D eigenvalue weighted by Crippen LogP contribution is 2.40. The fourth-order valence-corrected chi connectivity index (χ4v) is 4.94. The van der Waals surface area contributed by atoms with Crippen LogP contribution in [0, 0.1) is 12.7 Å². The minimum Gasteiger partial charge on any atom is -0.490 e. The quantitative estimate of drug-likeness (QED) is 0.248. The molecule has 2 aromatic carbocycles. The maximum absolute atomic E-state index is 15.5. The number of rotatable bonds is 6. The van der Waals surface area contributed by atoms with Crippen LogP contribution in [0.3, 0.4) is 0 Å². The highest BCUT2D eigenvalue weighted by atomic mass is 19.1. The van der Waals surface area contributed by atoms with Crippen molar-refractivity contribution in [2.75, 3.05) is 32.1 Å². The Labute approximate surface area is 252 Å². The number of carbonyl (C=O) groups is 1. The minimum atomic E-state index is -0.571. The van der Waals surface area contributed by atoms with Crippen molar-refractivity contribution in [3.05, 3.63) is 66.6 Å². The van der Waals surface area contributed by atoms with Gasteiger partial charge in [-0.15, -0.1) is 0 Å². The Morgan fingerprint density at radius 3 is 2.68 bits per heavy atom. The average Bonchev–Trinajstić information content (AvgIpc) is 3.46. The van der Waals surface area contributed by atoms with Crippen LogP contribution in [0.5, 0.6) is 17.2 Å². The standard InChI is InChI=1S/C31H32FN8O4/c1-19-14-23(21(32)16-25(19)43-20-8-9-40-26(15-20)34-18-36-40)37-29-27-22(33-17-35-29)6-7-24(28(27)42-5)38-10-12-39(13-11-38)30(41)44-31(2,3)4/h6-10,14-18H,11-13H2,1-5H3,(H,33,35,37)/q+1. The normalized spacial score (nSPS) is 13.6. The van der Waals surface area contributed by atoms with Crippen LogP contribution >= 0.6 is 0 Å². The number of ether oxygens (including phenoxy) is 3. The molecule has 3 aromatic heterocycles. The van der Waals surface area contributed by atoms with Crippen LogP contribution in [-0.4, -0.2) is 78.7 Å². The van der Waals surface area contributed by atoms with E-state index < -0.39 is 11.4 Å². The number of nitrogens with zero attached hydrogens (tertiary/aromatic N) is 7. The van der Waals surface area contributed by atoms with Crippen LogP contribution in [0.4, 0.5) is 26.4 Å². The number of aromatic nitrogens is 5. The number of carbonyl (C=O) groups excluding carboxylic acids is 1. The Hall–Kier alpha value is -5.33.